The fourth-order valence-corrected chi connectivity index (χ4v) is 2.56. The van der Waals surface area contributed by atoms with E-state index in [1.54, 1.807) is 0 Å². The predicted octanol–water partition coefficient (Wildman–Crippen LogP) is 4.05. The number of nitriles is 1. The molecule has 0 bridgehead atoms. The number of rotatable bonds is 4. The summed E-state index contributed by atoms with van der Waals surface area (Å²) in [6, 6.07) is 17.6. The zero-order valence-electron chi connectivity index (χ0n) is 11.9. The normalized spacial score (nSPS) is 10.4. The van der Waals surface area contributed by atoms with E-state index in [9.17, 15) is 0 Å². The molecule has 2 aromatic carbocycles. The van der Waals surface area contributed by atoms with Gasteiger partial charge in [0, 0.05) is 29.9 Å². The first-order valence-corrected chi connectivity index (χ1v) is 7.35. The largest absolute Gasteiger partial charge is 0.330 e. The van der Waals surface area contributed by atoms with Crippen molar-refractivity contribution in [1.82, 2.24) is 9.55 Å². The van der Waals surface area contributed by atoms with Crippen molar-refractivity contribution in [3.8, 4) is 6.07 Å². The summed E-state index contributed by atoms with van der Waals surface area (Å²) < 4.78 is 2.10. The maximum absolute atomic E-state index is 8.84. The van der Waals surface area contributed by atoms with E-state index in [4.69, 9.17) is 16.9 Å². The van der Waals surface area contributed by atoms with Crippen molar-refractivity contribution in [2.24, 2.45) is 0 Å². The molecule has 0 atom stereocenters. The Bertz CT molecular complexity index is 813. The third kappa shape index (κ3) is 3.19. The second kappa shape index (κ2) is 6.46. The Kier molecular flexibility index (Phi) is 4.22. The molecule has 3 nitrogen and oxygen atoms in total. The van der Waals surface area contributed by atoms with Gasteiger partial charge in [0.15, 0.2) is 0 Å². The Labute approximate surface area is 134 Å². The summed E-state index contributed by atoms with van der Waals surface area (Å²) in [7, 11) is 0. The van der Waals surface area contributed by atoms with Crippen LogP contribution in [-0.4, -0.2) is 9.55 Å². The van der Waals surface area contributed by atoms with Gasteiger partial charge in [0.25, 0.3) is 0 Å². The van der Waals surface area contributed by atoms with Crippen LogP contribution in [0, 0.1) is 11.3 Å². The molecule has 0 saturated carbocycles. The van der Waals surface area contributed by atoms with E-state index in [0.717, 1.165) is 34.8 Å². The molecule has 0 fully saturated rings. The SMILES string of the molecule is N#Cc1ccc(Cn2cncc2Cc2ccccc2Cl)cc1. The average molecular weight is 308 g/mol. The van der Waals surface area contributed by atoms with Crippen LogP contribution >= 0.6 is 11.6 Å². The number of benzene rings is 2. The van der Waals surface area contributed by atoms with Crippen LogP contribution in [0.5, 0.6) is 0 Å². The van der Waals surface area contributed by atoms with Gasteiger partial charge in [-0.05, 0) is 29.3 Å². The monoisotopic (exact) mass is 307 g/mol. The zero-order valence-corrected chi connectivity index (χ0v) is 12.7. The molecule has 0 amide bonds. The molecule has 0 saturated heterocycles. The van der Waals surface area contributed by atoms with Crippen LogP contribution in [-0.2, 0) is 13.0 Å². The average Bonchev–Trinajstić information content (AvgIpc) is 2.97. The van der Waals surface area contributed by atoms with Crippen LogP contribution in [0.3, 0.4) is 0 Å². The van der Waals surface area contributed by atoms with Gasteiger partial charge >= 0.3 is 0 Å². The summed E-state index contributed by atoms with van der Waals surface area (Å²) in [4.78, 5) is 4.25. The smallest absolute Gasteiger partial charge is 0.0991 e. The molecule has 0 N–H and O–H groups in total. The van der Waals surface area contributed by atoms with Crippen LogP contribution in [0.25, 0.3) is 0 Å². The topological polar surface area (TPSA) is 41.6 Å². The summed E-state index contributed by atoms with van der Waals surface area (Å²) in [6.07, 6.45) is 4.44. The Morgan fingerprint density at radius 3 is 2.59 bits per heavy atom. The lowest BCUT2D eigenvalue weighted by molar-refractivity contribution is 0.753. The summed E-state index contributed by atoms with van der Waals surface area (Å²) in [6.45, 7) is 0.728. The summed E-state index contributed by atoms with van der Waals surface area (Å²) in [5.74, 6) is 0. The Hall–Kier alpha value is -2.57. The van der Waals surface area contributed by atoms with E-state index in [2.05, 4.69) is 15.6 Å². The van der Waals surface area contributed by atoms with Crippen molar-refractivity contribution >= 4 is 11.6 Å². The number of imidazole rings is 1. The van der Waals surface area contributed by atoms with E-state index in [-0.39, 0.29) is 0 Å². The standard InChI is InChI=1S/C18H14ClN3/c19-18-4-2-1-3-16(18)9-17-11-21-13-22(17)12-15-7-5-14(10-20)6-8-15/h1-8,11,13H,9,12H2. The van der Waals surface area contributed by atoms with Crippen LogP contribution < -0.4 is 0 Å². The van der Waals surface area contributed by atoms with Gasteiger partial charge in [-0.15, -0.1) is 0 Å². The molecule has 22 heavy (non-hydrogen) atoms. The van der Waals surface area contributed by atoms with Gasteiger partial charge in [0.05, 0.1) is 18.0 Å². The molecule has 3 rings (SSSR count). The summed E-state index contributed by atoms with van der Waals surface area (Å²) >= 11 is 6.23. The fraction of sp³-hybridized carbons (Fsp3) is 0.111. The molecule has 4 heteroatoms. The lowest BCUT2D eigenvalue weighted by Gasteiger charge is -2.09. The first-order valence-electron chi connectivity index (χ1n) is 6.98. The molecule has 3 aromatic rings. The molecule has 108 valence electrons. The number of halogens is 1. The van der Waals surface area contributed by atoms with E-state index < -0.39 is 0 Å². The molecule has 1 heterocycles. The number of hydrogen-bond acceptors (Lipinski definition) is 2. The van der Waals surface area contributed by atoms with Gasteiger partial charge in [0.2, 0.25) is 0 Å². The Morgan fingerprint density at radius 2 is 1.86 bits per heavy atom. The van der Waals surface area contributed by atoms with Crippen molar-refractivity contribution in [2.45, 2.75) is 13.0 Å². The van der Waals surface area contributed by atoms with E-state index in [1.807, 2.05) is 61.1 Å². The van der Waals surface area contributed by atoms with Gasteiger partial charge in [-0.2, -0.15) is 5.26 Å². The molecule has 0 aliphatic carbocycles. The van der Waals surface area contributed by atoms with E-state index >= 15 is 0 Å². The van der Waals surface area contributed by atoms with Crippen molar-refractivity contribution in [3.05, 3.63) is 88.5 Å². The number of hydrogen-bond donors (Lipinski definition) is 0. The Balaban J connectivity index is 1.80. The minimum atomic E-state index is 0.672. The number of aromatic nitrogens is 2. The zero-order chi connectivity index (χ0) is 15.4. The molecular formula is C18H14ClN3. The van der Waals surface area contributed by atoms with Crippen molar-refractivity contribution < 1.29 is 0 Å². The van der Waals surface area contributed by atoms with Gasteiger partial charge in [-0.3, -0.25) is 0 Å². The highest BCUT2D eigenvalue weighted by molar-refractivity contribution is 6.31. The molecular weight excluding hydrogens is 294 g/mol. The van der Waals surface area contributed by atoms with Crippen molar-refractivity contribution in [1.29, 1.82) is 5.26 Å². The van der Waals surface area contributed by atoms with Crippen LogP contribution in [0.15, 0.2) is 61.1 Å². The predicted molar refractivity (Wildman–Crippen MR) is 86.7 cm³/mol. The highest BCUT2D eigenvalue weighted by Gasteiger charge is 2.07. The first kappa shape index (κ1) is 14.4. The summed E-state index contributed by atoms with van der Waals surface area (Å²) in [5.41, 5.74) is 4.01. The first-order chi connectivity index (χ1) is 10.8. The third-order valence-electron chi connectivity index (χ3n) is 3.56. The second-order valence-electron chi connectivity index (χ2n) is 5.09. The lowest BCUT2D eigenvalue weighted by Crippen LogP contribution is -2.04. The van der Waals surface area contributed by atoms with Crippen LogP contribution in [0.4, 0.5) is 0 Å². The third-order valence-corrected chi connectivity index (χ3v) is 3.93. The molecule has 0 unspecified atom stereocenters. The van der Waals surface area contributed by atoms with Gasteiger partial charge in [0.1, 0.15) is 0 Å². The van der Waals surface area contributed by atoms with Gasteiger partial charge < -0.3 is 4.57 Å². The summed E-state index contributed by atoms with van der Waals surface area (Å²) in [5, 5.41) is 9.61. The van der Waals surface area contributed by atoms with Crippen molar-refractivity contribution in [3.63, 3.8) is 0 Å². The van der Waals surface area contributed by atoms with E-state index in [1.165, 1.54) is 0 Å². The maximum Gasteiger partial charge on any atom is 0.0991 e. The van der Waals surface area contributed by atoms with E-state index in [0.29, 0.717) is 5.56 Å². The second-order valence-corrected chi connectivity index (χ2v) is 5.50. The molecule has 0 aliphatic rings. The fourth-order valence-electron chi connectivity index (χ4n) is 2.36. The highest BCUT2D eigenvalue weighted by atomic mass is 35.5. The Morgan fingerprint density at radius 1 is 1.09 bits per heavy atom. The molecule has 1 aromatic heterocycles. The van der Waals surface area contributed by atoms with Gasteiger partial charge in [-0.25, -0.2) is 4.98 Å². The molecule has 0 spiro atoms. The van der Waals surface area contributed by atoms with Gasteiger partial charge in [-0.1, -0.05) is 41.9 Å². The maximum atomic E-state index is 8.84. The number of nitrogens with zero attached hydrogens (tertiary/aromatic N) is 3. The van der Waals surface area contributed by atoms with Crippen LogP contribution in [0.1, 0.15) is 22.4 Å². The van der Waals surface area contributed by atoms with Crippen LogP contribution in [0.2, 0.25) is 5.02 Å². The molecule has 0 radical (unpaired) electrons. The minimum absolute atomic E-state index is 0.672. The highest BCUT2D eigenvalue weighted by Crippen LogP contribution is 2.19. The minimum Gasteiger partial charge on any atom is -0.330 e. The quantitative estimate of drug-likeness (QED) is 0.729. The van der Waals surface area contributed by atoms with Crippen molar-refractivity contribution in [2.75, 3.05) is 0 Å². The molecule has 0 aliphatic heterocycles. The lowest BCUT2D eigenvalue weighted by atomic mass is 10.1.